The molecule has 6 nitrogen and oxygen atoms in total. The molecule has 1 N–H and O–H groups in total. The van der Waals surface area contributed by atoms with Crippen molar-refractivity contribution in [2.75, 3.05) is 6.61 Å². The van der Waals surface area contributed by atoms with E-state index in [1.807, 2.05) is 0 Å². The van der Waals surface area contributed by atoms with Crippen molar-refractivity contribution >= 4 is 36.6 Å². The van der Waals surface area contributed by atoms with Crippen molar-refractivity contribution in [3.8, 4) is 28.5 Å². The van der Waals surface area contributed by atoms with E-state index in [1.54, 1.807) is 31.2 Å². The first-order chi connectivity index (χ1) is 13.2. The molecule has 1 aromatic carbocycles. The van der Waals surface area contributed by atoms with Gasteiger partial charge in [-0.25, -0.2) is 9.78 Å². The van der Waals surface area contributed by atoms with E-state index in [4.69, 9.17) is 20.9 Å². The molecule has 0 aliphatic rings. The number of rotatable bonds is 3. The highest BCUT2D eigenvalue weighted by atomic mass is 35.5. The van der Waals surface area contributed by atoms with Crippen LogP contribution in [0.3, 0.4) is 0 Å². The molecule has 0 radical (unpaired) electrons. The van der Waals surface area contributed by atoms with E-state index >= 15 is 0 Å². The zero-order valence-corrected chi connectivity index (χ0v) is 17.7. The van der Waals surface area contributed by atoms with Crippen molar-refractivity contribution < 1.29 is 19.2 Å². The number of fused-ring (bicyclic) bond motifs is 1. The van der Waals surface area contributed by atoms with Gasteiger partial charge in [0.15, 0.2) is 17.1 Å². The van der Waals surface area contributed by atoms with Crippen LogP contribution in [0, 0.1) is 11.5 Å². The molecule has 0 amide bonds. The van der Waals surface area contributed by atoms with Crippen LogP contribution in [0.5, 0.6) is 5.75 Å². The number of pyridine rings is 1. The van der Waals surface area contributed by atoms with Crippen LogP contribution in [0.4, 0.5) is 0 Å². The molecule has 3 aromatic rings. The Morgan fingerprint density at radius 3 is 2.57 bits per heavy atom. The number of esters is 1. The Bertz CT molecular complexity index is 1110. The van der Waals surface area contributed by atoms with Crippen molar-refractivity contribution in [2.45, 2.75) is 26.6 Å². The zero-order chi connectivity index (χ0) is 20.5. The number of nitrogens with zero attached hydrogens (tertiary/aromatic N) is 2. The molecular weight excluding hydrogens is 396 g/mol. The standard InChI is InChI=1S/C20H19ClN2O4Si/c1-5-26-20(25)17-18(24)15-16(12-6-8-13(21)9-7-12)23-27-19(15)14(22-17)10-11-28(2,3)4/h6-9,24H,5H2,1-4H3. The van der Waals surface area contributed by atoms with Gasteiger partial charge in [-0.05, 0) is 25.0 Å². The number of ether oxygens (including phenoxy) is 1. The van der Waals surface area contributed by atoms with Gasteiger partial charge in [0.05, 0.1) is 12.0 Å². The zero-order valence-electron chi connectivity index (χ0n) is 16.0. The molecular formula is C20H19ClN2O4Si. The van der Waals surface area contributed by atoms with Gasteiger partial charge in [0.25, 0.3) is 0 Å². The second kappa shape index (κ2) is 7.66. The minimum Gasteiger partial charge on any atom is -0.505 e. The van der Waals surface area contributed by atoms with Crippen LogP contribution in [-0.2, 0) is 4.74 Å². The van der Waals surface area contributed by atoms with Gasteiger partial charge in [0.1, 0.15) is 13.8 Å². The maximum Gasteiger partial charge on any atom is 0.360 e. The number of carbonyl (C=O) groups excluding carboxylic acids is 1. The summed E-state index contributed by atoms with van der Waals surface area (Å²) in [6.07, 6.45) is 0. The number of hydrogen-bond acceptors (Lipinski definition) is 6. The fourth-order valence-electron chi connectivity index (χ4n) is 2.48. The molecule has 2 aromatic heterocycles. The third-order valence-electron chi connectivity index (χ3n) is 3.73. The van der Waals surface area contributed by atoms with Crippen molar-refractivity contribution in [1.29, 1.82) is 0 Å². The third kappa shape index (κ3) is 4.03. The van der Waals surface area contributed by atoms with E-state index in [1.165, 1.54) is 0 Å². The van der Waals surface area contributed by atoms with Gasteiger partial charge in [-0.1, -0.05) is 48.5 Å². The smallest absolute Gasteiger partial charge is 0.360 e. The normalized spacial score (nSPS) is 11.2. The van der Waals surface area contributed by atoms with Crippen molar-refractivity contribution in [3.05, 3.63) is 40.7 Å². The Hall–Kier alpha value is -2.82. The highest BCUT2D eigenvalue weighted by Gasteiger charge is 2.26. The van der Waals surface area contributed by atoms with Gasteiger partial charge in [-0.3, -0.25) is 0 Å². The van der Waals surface area contributed by atoms with Crippen molar-refractivity contribution in [3.63, 3.8) is 0 Å². The largest absolute Gasteiger partial charge is 0.505 e. The lowest BCUT2D eigenvalue weighted by molar-refractivity contribution is 0.0516. The summed E-state index contributed by atoms with van der Waals surface area (Å²) in [4.78, 5) is 16.5. The van der Waals surface area contributed by atoms with E-state index in [9.17, 15) is 9.90 Å². The van der Waals surface area contributed by atoms with E-state index in [-0.39, 0.29) is 34.7 Å². The van der Waals surface area contributed by atoms with Gasteiger partial charge < -0.3 is 14.4 Å². The molecule has 0 aliphatic heterocycles. The minimum absolute atomic E-state index is 0.154. The van der Waals surface area contributed by atoms with Gasteiger partial charge in [0, 0.05) is 10.6 Å². The Labute approximate surface area is 168 Å². The summed E-state index contributed by atoms with van der Waals surface area (Å²) in [5.74, 6) is 1.91. The van der Waals surface area contributed by atoms with E-state index in [0.717, 1.165) is 0 Å². The highest BCUT2D eigenvalue weighted by Crippen LogP contribution is 2.37. The maximum absolute atomic E-state index is 12.3. The van der Waals surface area contributed by atoms with Crippen LogP contribution in [0.15, 0.2) is 28.8 Å². The molecule has 0 saturated heterocycles. The highest BCUT2D eigenvalue weighted by molar-refractivity contribution is 6.83. The average Bonchev–Trinajstić information content (AvgIpc) is 3.07. The molecule has 28 heavy (non-hydrogen) atoms. The third-order valence-corrected chi connectivity index (χ3v) is 4.86. The fourth-order valence-corrected chi connectivity index (χ4v) is 3.10. The van der Waals surface area contributed by atoms with Crippen molar-refractivity contribution in [1.82, 2.24) is 10.1 Å². The minimum atomic E-state index is -1.72. The number of halogens is 1. The summed E-state index contributed by atoms with van der Waals surface area (Å²) in [5, 5.41) is 15.7. The molecule has 0 saturated carbocycles. The Balaban J connectivity index is 2.31. The lowest BCUT2D eigenvalue weighted by Gasteiger charge is -2.07. The second-order valence-corrected chi connectivity index (χ2v) is 12.3. The molecule has 3 rings (SSSR count). The number of carbonyl (C=O) groups is 1. The predicted molar refractivity (Wildman–Crippen MR) is 110 cm³/mol. The number of aromatic nitrogens is 2. The van der Waals surface area contributed by atoms with Gasteiger partial charge in [-0.2, -0.15) is 0 Å². The second-order valence-electron chi connectivity index (χ2n) is 7.12. The molecule has 0 fully saturated rings. The molecule has 2 heterocycles. The molecule has 0 bridgehead atoms. The summed E-state index contributed by atoms with van der Waals surface area (Å²) in [7, 11) is -1.72. The van der Waals surface area contributed by atoms with Crippen LogP contribution in [0.25, 0.3) is 22.2 Å². The molecule has 144 valence electrons. The first-order valence-electron chi connectivity index (χ1n) is 8.70. The molecule has 0 spiro atoms. The summed E-state index contributed by atoms with van der Waals surface area (Å²) < 4.78 is 10.5. The summed E-state index contributed by atoms with van der Waals surface area (Å²) in [5.41, 5.74) is 4.48. The molecule has 8 heteroatoms. The summed E-state index contributed by atoms with van der Waals surface area (Å²) in [6.45, 7) is 8.09. The van der Waals surface area contributed by atoms with Crippen LogP contribution in [0.2, 0.25) is 24.7 Å². The van der Waals surface area contributed by atoms with Gasteiger partial charge in [0.2, 0.25) is 5.58 Å². The van der Waals surface area contributed by atoms with E-state index < -0.39 is 14.0 Å². The first-order valence-corrected chi connectivity index (χ1v) is 12.6. The van der Waals surface area contributed by atoms with E-state index in [0.29, 0.717) is 16.3 Å². The maximum atomic E-state index is 12.3. The lowest BCUT2D eigenvalue weighted by atomic mass is 10.1. The molecule has 0 aliphatic carbocycles. The summed E-state index contributed by atoms with van der Waals surface area (Å²) >= 11 is 5.95. The Morgan fingerprint density at radius 1 is 1.29 bits per heavy atom. The molecule has 0 atom stereocenters. The van der Waals surface area contributed by atoms with Crippen LogP contribution < -0.4 is 0 Å². The topological polar surface area (TPSA) is 85.5 Å². The van der Waals surface area contributed by atoms with E-state index in [2.05, 4.69) is 41.2 Å². The average molecular weight is 415 g/mol. The monoisotopic (exact) mass is 414 g/mol. The predicted octanol–water partition coefficient (Wildman–Crippen LogP) is 4.65. The first kappa shape index (κ1) is 19.9. The Kier molecular flexibility index (Phi) is 5.45. The number of benzene rings is 1. The SMILES string of the molecule is CCOC(=O)c1nc(C#C[Si](C)(C)C)c2onc(-c3ccc(Cl)cc3)c2c1O. The lowest BCUT2D eigenvalue weighted by Crippen LogP contribution is -2.16. The van der Waals surface area contributed by atoms with Crippen molar-refractivity contribution in [2.24, 2.45) is 0 Å². The Morgan fingerprint density at radius 2 is 1.96 bits per heavy atom. The number of aromatic hydroxyl groups is 1. The van der Waals surface area contributed by atoms with Gasteiger partial charge in [-0.15, -0.1) is 5.54 Å². The summed E-state index contributed by atoms with van der Waals surface area (Å²) in [6, 6.07) is 6.90. The van der Waals surface area contributed by atoms with Crippen LogP contribution in [-0.4, -0.2) is 35.9 Å². The fraction of sp³-hybridized carbons (Fsp3) is 0.250. The van der Waals surface area contributed by atoms with Gasteiger partial charge >= 0.3 is 5.97 Å². The number of hydrogen-bond donors (Lipinski definition) is 1. The quantitative estimate of drug-likeness (QED) is 0.381. The van der Waals surface area contributed by atoms with Crippen LogP contribution >= 0.6 is 11.6 Å². The molecule has 0 unspecified atom stereocenters. The van der Waals surface area contributed by atoms with Crippen LogP contribution in [0.1, 0.15) is 23.1 Å².